The van der Waals surface area contributed by atoms with E-state index in [1.54, 1.807) is 24.3 Å². The molecule has 0 atom stereocenters. The van der Waals surface area contributed by atoms with Gasteiger partial charge >= 0.3 is 12.4 Å². The molecule has 0 aliphatic rings. The number of benzene rings is 10. The molecule has 0 N–H and O–H groups in total. The Morgan fingerprint density at radius 2 is 0.671 bits per heavy atom. The fourth-order valence-corrected chi connectivity index (χ4v) is 12.5. The lowest BCUT2D eigenvalue weighted by molar-refractivity contribution is -0.138. The maximum atomic E-state index is 14.9. The van der Waals surface area contributed by atoms with E-state index in [4.69, 9.17) is 0 Å². The summed E-state index contributed by atoms with van der Waals surface area (Å²) in [6, 6.07) is 65.5. The number of nitrogens with zero attached hydrogens (tertiary/aromatic N) is 5. The average Bonchev–Trinajstić information content (AvgIpc) is 3.40. The first-order valence-corrected chi connectivity index (χ1v) is 26.0. The van der Waals surface area contributed by atoms with Crippen molar-refractivity contribution in [2.24, 2.45) is 5.41 Å². The van der Waals surface area contributed by atoms with Crippen molar-refractivity contribution < 1.29 is 26.3 Å². The van der Waals surface area contributed by atoms with E-state index in [1.807, 2.05) is 112 Å². The number of alkyl halides is 6. The molecule has 384 valence electrons. The van der Waals surface area contributed by atoms with Gasteiger partial charge in [-0.05, 0) is 95.8 Å². The van der Waals surface area contributed by atoms with Crippen LogP contribution in [0.3, 0.4) is 0 Å². The molecule has 0 unspecified atom stereocenters. The third-order valence-corrected chi connectivity index (χ3v) is 15.5. The Balaban J connectivity index is 1.34. The molecular formula is C68H45F6N5. The van der Waals surface area contributed by atoms with Crippen molar-refractivity contribution in [3.63, 3.8) is 0 Å². The Labute approximate surface area is 448 Å². The topological polar surface area (TPSA) is 43.5 Å². The van der Waals surface area contributed by atoms with E-state index in [-0.39, 0.29) is 11.0 Å². The van der Waals surface area contributed by atoms with Gasteiger partial charge in [-0.2, -0.15) is 31.6 Å². The molecule has 14 rings (SSSR count). The second-order valence-corrected chi connectivity index (χ2v) is 21.6. The highest BCUT2D eigenvalue weighted by Gasteiger charge is 2.37. The molecule has 4 aromatic heterocycles. The second kappa shape index (κ2) is 17.2. The summed E-state index contributed by atoms with van der Waals surface area (Å²) in [5.74, 6) is 0. The Morgan fingerprint density at radius 3 is 1.00 bits per heavy atom. The molecule has 0 radical (unpaired) electrons. The minimum absolute atomic E-state index is 0.119. The van der Waals surface area contributed by atoms with Gasteiger partial charge in [0.05, 0.1) is 78.0 Å². The lowest BCUT2D eigenvalue weighted by atomic mass is 9.86. The Bertz CT molecular complexity index is 4530. The van der Waals surface area contributed by atoms with Crippen molar-refractivity contribution in [1.29, 1.82) is 5.26 Å². The quantitative estimate of drug-likeness (QED) is 0.153. The molecule has 0 aliphatic heterocycles. The Kier molecular flexibility index (Phi) is 10.4. The number of aromatic nitrogens is 4. The molecule has 5 nitrogen and oxygen atoms in total. The second-order valence-electron chi connectivity index (χ2n) is 21.6. The van der Waals surface area contributed by atoms with E-state index < -0.39 is 23.5 Å². The summed E-state index contributed by atoms with van der Waals surface area (Å²) < 4.78 is 97.8. The van der Waals surface area contributed by atoms with Crippen LogP contribution in [0.2, 0.25) is 0 Å². The molecule has 11 heteroatoms. The molecular weight excluding hydrogens is 1000 g/mol. The van der Waals surface area contributed by atoms with Gasteiger partial charge in [-0.15, -0.1) is 0 Å². The van der Waals surface area contributed by atoms with Crippen molar-refractivity contribution in [3.8, 4) is 39.9 Å². The van der Waals surface area contributed by atoms with Crippen molar-refractivity contribution in [2.75, 3.05) is 0 Å². The first-order chi connectivity index (χ1) is 38.1. The van der Waals surface area contributed by atoms with E-state index in [0.717, 1.165) is 66.9 Å². The van der Waals surface area contributed by atoms with E-state index in [2.05, 4.69) is 78.4 Å². The summed E-state index contributed by atoms with van der Waals surface area (Å²) in [6.07, 6.45) is -8.66. The number of hydrogen-bond acceptors (Lipinski definition) is 1. The molecule has 4 heterocycles. The predicted molar refractivity (Wildman–Crippen MR) is 307 cm³/mol. The number of nitriles is 1. The molecule has 0 saturated heterocycles. The molecule has 0 amide bonds. The normalized spacial score (nSPS) is 12.7. The van der Waals surface area contributed by atoms with Crippen molar-refractivity contribution in [3.05, 3.63) is 229 Å². The largest absolute Gasteiger partial charge is 0.416 e. The number of rotatable bonds is 6. The van der Waals surface area contributed by atoms with Gasteiger partial charge in [0.15, 0.2) is 0 Å². The number of para-hydroxylation sites is 6. The smallest absolute Gasteiger partial charge is 0.306 e. The molecule has 0 aliphatic carbocycles. The zero-order valence-corrected chi connectivity index (χ0v) is 42.8. The fraction of sp³-hybridized carbons (Fsp3) is 0.103. The van der Waals surface area contributed by atoms with E-state index in [9.17, 15) is 31.6 Å². The first kappa shape index (κ1) is 47.9. The van der Waals surface area contributed by atoms with Gasteiger partial charge in [-0.1, -0.05) is 154 Å². The van der Waals surface area contributed by atoms with Crippen molar-refractivity contribution in [1.82, 2.24) is 18.3 Å². The van der Waals surface area contributed by atoms with Crippen LogP contribution in [0.4, 0.5) is 26.3 Å². The van der Waals surface area contributed by atoms with Crippen LogP contribution in [0.1, 0.15) is 43.0 Å². The molecule has 0 spiro atoms. The van der Waals surface area contributed by atoms with Crippen LogP contribution in [-0.2, 0) is 18.8 Å². The van der Waals surface area contributed by atoms with E-state index >= 15 is 0 Å². The van der Waals surface area contributed by atoms with Crippen LogP contribution >= 0.6 is 0 Å². The SMILES string of the molecule is CC(C)(C)Cc1cccc(-c2c(-n3c4ccccc4c4ccccc43)c(-n3c4ccccc4c4cc(C(F)(F)F)ccc43)c(C#N)c(-n3c4ccccc4c4cc(C(F)(F)F)ccc43)c2-n2c3ccccc3c3ccccc32)c1. The summed E-state index contributed by atoms with van der Waals surface area (Å²) in [6.45, 7) is 6.55. The number of fused-ring (bicyclic) bond motifs is 12. The third-order valence-electron chi connectivity index (χ3n) is 15.5. The minimum Gasteiger partial charge on any atom is -0.306 e. The highest BCUT2D eigenvalue weighted by molar-refractivity contribution is 6.17. The van der Waals surface area contributed by atoms with Gasteiger partial charge in [0, 0.05) is 48.7 Å². The predicted octanol–water partition coefficient (Wildman–Crippen LogP) is 19.2. The zero-order valence-electron chi connectivity index (χ0n) is 42.8. The summed E-state index contributed by atoms with van der Waals surface area (Å²) >= 11 is 0. The summed E-state index contributed by atoms with van der Waals surface area (Å²) in [4.78, 5) is 0. The summed E-state index contributed by atoms with van der Waals surface area (Å²) in [7, 11) is 0. The van der Waals surface area contributed by atoms with Gasteiger partial charge in [-0.25, -0.2) is 0 Å². The monoisotopic (exact) mass is 1050 g/mol. The molecule has 0 saturated carbocycles. The van der Waals surface area contributed by atoms with Crippen LogP contribution in [0.5, 0.6) is 0 Å². The van der Waals surface area contributed by atoms with Crippen molar-refractivity contribution >= 4 is 87.2 Å². The summed E-state index contributed by atoms with van der Waals surface area (Å²) in [5.41, 5.74) is 7.72. The van der Waals surface area contributed by atoms with Gasteiger partial charge in [0.1, 0.15) is 11.6 Å². The minimum atomic E-state index is -4.67. The zero-order chi connectivity index (χ0) is 54.3. The van der Waals surface area contributed by atoms with Crippen LogP contribution in [0, 0.1) is 16.7 Å². The van der Waals surface area contributed by atoms with Crippen LogP contribution in [0.25, 0.3) is 121 Å². The van der Waals surface area contributed by atoms with E-state index in [1.165, 1.54) is 24.3 Å². The first-order valence-electron chi connectivity index (χ1n) is 26.0. The highest BCUT2D eigenvalue weighted by Crippen LogP contribution is 2.52. The van der Waals surface area contributed by atoms with Crippen LogP contribution in [0.15, 0.2) is 206 Å². The molecule has 79 heavy (non-hydrogen) atoms. The molecule has 10 aromatic carbocycles. The van der Waals surface area contributed by atoms with Gasteiger partial charge in [-0.3, -0.25) is 0 Å². The van der Waals surface area contributed by atoms with Crippen LogP contribution < -0.4 is 0 Å². The third kappa shape index (κ3) is 7.31. The standard InChI is InChI=1S/C68H45F6N5/c1-66(2,3)38-40-17-16-18-41(35-40)61-64(78-53-25-10-4-19-44(53)45-20-5-11-26-54(45)78)62(76-57-29-14-8-23-48(57)50-36-42(67(69,70)71)31-33-59(50)76)52(39-75)63(65(61)79-55-27-12-6-21-46(55)47-22-7-13-28-56(47)79)77-58-30-15-9-24-49(58)51-37-43(68(72,73)74)32-34-60(51)77/h4-37H,38H2,1-3H3. The fourth-order valence-electron chi connectivity index (χ4n) is 12.5. The molecule has 0 fully saturated rings. The maximum absolute atomic E-state index is 14.9. The van der Waals surface area contributed by atoms with Crippen molar-refractivity contribution in [2.45, 2.75) is 39.5 Å². The lowest BCUT2D eigenvalue weighted by Crippen LogP contribution is -2.16. The van der Waals surface area contributed by atoms with Crippen LogP contribution in [-0.4, -0.2) is 18.3 Å². The highest BCUT2D eigenvalue weighted by atomic mass is 19.4. The van der Waals surface area contributed by atoms with Gasteiger partial charge in [0.25, 0.3) is 0 Å². The molecule has 0 bridgehead atoms. The van der Waals surface area contributed by atoms with E-state index in [0.29, 0.717) is 78.3 Å². The Hall–Kier alpha value is -9.53. The average molecular weight is 1050 g/mol. The lowest BCUT2D eigenvalue weighted by Gasteiger charge is -2.29. The van der Waals surface area contributed by atoms with Gasteiger partial charge < -0.3 is 18.3 Å². The summed E-state index contributed by atoms with van der Waals surface area (Å²) in [5, 5.41) is 18.1. The maximum Gasteiger partial charge on any atom is 0.416 e. The Morgan fingerprint density at radius 1 is 0.354 bits per heavy atom. The molecule has 14 aromatic rings. The number of hydrogen-bond donors (Lipinski definition) is 0. The van der Waals surface area contributed by atoms with Gasteiger partial charge in [0.2, 0.25) is 0 Å². The number of halogens is 6.